The van der Waals surface area contributed by atoms with Gasteiger partial charge in [-0.15, -0.1) is 0 Å². The lowest BCUT2D eigenvalue weighted by molar-refractivity contribution is -0.147. The fourth-order valence-electron chi connectivity index (χ4n) is 1.24. The van der Waals surface area contributed by atoms with Gasteiger partial charge in [0, 0.05) is 0 Å². The summed E-state index contributed by atoms with van der Waals surface area (Å²) in [5.41, 5.74) is 2.05. The highest BCUT2D eigenvalue weighted by Crippen LogP contribution is 2.18. The molecule has 0 heterocycles. The number of carbonyl (C=O) groups excluding carboxylic acids is 1. The monoisotopic (exact) mass is 220 g/mol. The highest BCUT2D eigenvalue weighted by Gasteiger charge is 2.14. The lowest BCUT2D eigenvalue weighted by Crippen LogP contribution is -2.24. The van der Waals surface area contributed by atoms with E-state index in [0.29, 0.717) is 5.75 Å². The molecule has 0 amide bonds. The van der Waals surface area contributed by atoms with Crippen LogP contribution in [0.5, 0.6) is 5.75 Å². The quantitative estimate of drug-likeness (QED) is 0.732. The van der Waals surface area contributed by atoms with Crippen LogP contribution in [0, 0.1) is 0 Å². The van der Waals surface area contributed by atoms with E-state index < -0.39 is 6.10 Å². The summed E-state index contributed by atoms with van der Waals surface area (Å²) in [5, 5.41) is 0. The summed E-state index contributed by atoms with van der Waals surface area (Å²) in [4.78, 5) is 11.1. The number of carbonyl (C=O) groups is 1. The first kappa shape index (κ1) is 12.3. The average Bonchev–Trinajstić information content (AvgIpc) is 2.28. The molecule has 1 aromatic rings. The largest absolute Gasteiger partial charge is 0.479 e. The zero-order chi connectivity index (χ0) is 12.1. The van der Waals surface area contributed by atoms with Crippen LogP contribution in [0.3, 0.4) is 0 Å². The van der Waals surface area contributed by atoms with Crippen molar-refractivity contribution in [2.75, 3.05) is 7.11 Å². The van der Waals surface area contributed by atoms with E-state index in [0.717, 1.165) is 11.1 Å². The van der Waals surface area contributed by atoms with Crippen LogP contribution < -0.4 is 4.74 Å². The summed E-state index contributed by atoms with van der Waals surface area (Å²) in [6, 6.07) is 7.43. The minimum atomic E-state index is -0.597. The third kappa shape index (κ3) is 3.12. The van der Waals surface area contributed by atoms with Gasteiger partial charge in [0.2, 0.25) is 0 Å². The Bertz CT molecular complexity index is 379. The summed E-state index contributed by atoms with van der Waals surface area (Å²) in [7, 11) is 1.34. The van der Waals surface area contributed by atoms with E-state index in [1.54, 1.807) is 6.92 Å². The summed E-state index contributed by atoms with van der Waals surface area (Å²) >= 11 is 0. The van der Waals surface area contributed by atoms with E-state index in [1.807, 2.05) is 31.2 Å². The Balaban J connectivity index is 2.68. The minimum Gasteiger partial charge on any atom is -0.479 e. The molecule has 0 radical (unpaired) electrons. The van der Waals surface area contributed by atoms with Crippen molar-refractivity contribution in [2.45, 2.75) is 20.0 Å². The Morgan fingerprint density at radius 3 is 2.31 bits per heavy atom. The first-order valence-electron chi connectivity index (χ1n) is 5.05. The second kappa shape index (κ2) is 5.35. The van der Waals surface area contributed by atoms with Gasteiger partial charge in [0.1, 0.15) is 5.75 Å². The molecule has 86 valence electrons. The molecule has 3 nitrogen and oxygen atoms in total. The molecule has 1 unspecified atom stereocenters. The zero-order valence-corrected chi connectivity index (χ0v) is 9.82. The fourth-order valence-corrected chi connectivity index (χ4v) is 1.24. The number of ether oxygens (including phenoxy) is 2. The van der Waals surface area contributed by atoms with Crippen LogP contribution in [0.15, 0.2) is 30.8 Å². The van der Waals surface area contributed by atoms with Gasteiger partial charge >= 0.3 is 5.97 Å². The Labute approximate surface area is 95.7 Å². The van der Waals surface area contributed by atoms with Crippen molar-refractivity contribution in [3.05, 3.63) is 36.4 Å². The van der Waals surface area contributed by atoms with E-state index >= 15 is 0 Å². The maximum absolute atomic E-state index is 11.1. The zero-order valence-electron chi connectivity index (χ0n) is 9.82. The standard InChI is InChI=1S/C13H16O3/c1-9(2)11-5-7-12(8-6-11)16-10(3)13(14)15-4/h5-8,10H,1H2,2-4H3. The second-order valence-electron chi connectivity index (χ2n) is 3.59. The van der Waals surface area contributed by atoms with Crippen molar-refractivity contribution in [1.29, 1.82) is 0 Å². The molecule has 0 fully saturated rings. The molecular weight excluding hydrogens is 204 g/mol. The Kier molecular flexibility index (Phi) is 4.11. The molecule has 3 heteroatoms. The van der Waals surface area contributed by atoms with Crippen LogP contribution in [0.1, 0.15) is 19.4 Å². The van der Waals surface area contributed by atoms with Crippen molar-refractivity contribution in [3.63, 3.8) is 0 Å². The second-order valence-corrected chi connectivity index (χ2v) is 3.59. The molecule has 0 spiro atoms. The summed E-state index contributed by atoms with van der Waals surface area (Å²) in [6.07, 6.45) is -0.597. The molecule has 0 saturated carbocycles. The first-order chi connectivity index (χ1) is 7.54. The van der Waals surface area contributed by atoms with Gasteiger partial charge in [-0.3, -0.25) is 0 Å². The average molecular weight is 220 g/mol. The van der Waals surface area contributed by atoms with Crippen LogP contribution in [-0.2, 0) is 9.53 Å². The molecule has 0 aliphatic heterocycles. The molecule has 0 aliphatic carbocycles. The van der Waals surface area contributed by atoms with Gasteiger partial charge in [-0.2, -0.15) is 0 Å². The van der Waals surface area contributed by atoms with Crippen molar-refractivity contribution in [2.24, 2.45) is 0 Å². The van der Waals surface area contributed by atoms with E-state index in [1.165, 1.54) is 7.11 Å². The predicted molar refractivity (Wildman–Crippen MR) is 63.3 cm³/mol. The van der Waals surface area contributed by atoms with Gasteiger partial charge in [0.05, 0.1) is 7.11 Å². The van der Waals surface area contributed by atoms with Gasteiger partial charge < -0.3 is 9.47 Å². The number of benzene rings is 1. The van der Waals surface area contributed by atoms with Gasteiger partial charge in [0.25, 0.3) is 0 Å². The molecule has 1 atom stereocenters. The van der Waals surface area contributed by atoms with Crippen molar-refractivity contribution in [1.82, 2.24) is 0 Å². The maximum atomic E-state index is 11.1. The molecule has 1 rings (SSSR count). The lowest BCUT2D eigenvalue weighted by atomic mass is 10.1. The number of rotatable bonds is 4. The maximum Gasteiger partial charge on any atom is 0.346 e. The molecular formula is C13H16O3. The lowest BCUT2D eigenvalue weighted by Gasteiger charge is -2.12. The third-order valence-corrected chi connectivity index (χ3v) is 2.19. The number of methoxy groups -OCH3 is 1. The number of esters is 1. The fraction of sp³-hybridized carbons (Fsp3) is 0.308. The highest BCUT2D eigenvalue weighted by molar-refractivity contribution is 5.74. The van der Waals surface area contributed by atoms with Crippen LogP contribution in [-0.4, -0.2) is 19.2 Å². The van der Waals surface area contributed by atoms with Crippen LogP contribution >= 0.6 is 0 Å². The molecule has 0 aromatic heterocycles. The van der Waals surface area contributed by atoms with E-state index in [9.17, 15) is 4.79 Å². The minimum absolute atomic E-state index is 0.385. The number of hydrogen-bond acceptors (Lipinski definition) is 3. The first-order valence-corrected chi connectivity index (χ1v) is 5.05. The highest BCUT2D eigenvalue weighted by atomic mass is 16.6. The third-order valence-electron chi connectivity index (χ3n) is 2.19. The Hall–Kier alpha value is -1.77. The number of hydrogen-bond donors (Lipinski definition) is 0. The van der Waals surface area contributed by atoms with Crippen LogP contribution in [0.2, 0.25) is 0 Å². The van der Waals surface area contributed by atoms with Crippen molar-refractivity contribution < 1.29 is 14.3 Å². The van der Waals surface area contributed by atoms with Gasteiger partial charge in [-0.05, 0) is 31.5 Å². The summed E-state index contributed by atoms with van der Waals surface area (Å²) in [5.74, 6) is 0.256. The van der Waals surface area contributed by atoms with E-state index in [4.69, 9.17) is 4.74 Å². The molecule has 0 aliphatic rings. The Morgan fingerprint density at radius 2 is 1.88 bits per heavy atom. The smallest absolute Gasteiger partial charge is 0.346 e. The van der Waals surface area contributed by atoms with Crippen molar-refractivity contribution in [3.8, 4) is 5.75 Å². The van der Waals surface area contributed by atoms with E-state index in [-0.39, 0.29) is 5.97 Å². The van der Waals surface area contributed by atoms with Crippen molar-refractivity contribution >= 4 is 11.5 Å². The molecule has 0 N–H and O–H groups in total. The molecule has 1 aromatic carbocycles. The predicted octanol–water partition coefficient (Wildman–Crippen LogP) is 2.66. The summed E-state index contributed by atoms with van der Waals surface area (Å²) < 4.78 is 9.97. The van der Waals surface area contributed by atoms with Crippen LogP contribution in [0.25, 0.3) is 5.57 Å². The normalized spacial score (nSPS) is 11.7. The topological polar surface area (TPSA) is 35.5 Å². The van der Waals surface area contributed by atoms with E-state index in [2.05, 4.69) is 11.3 Å². The SMILES string of the molecule is C=C(C)c1ccc(OC(C)C(=O)OC)cc1. The van der Waals surface area contributed by atoms with Gasteiger partial charge in [-0.1, -0.05) is 24.3 Å². The Morgan fingerprint density at radius 1 is 1.31 bits per heavy atom. The molecule has 0 bridgehead atoms. The summed E-state index contributed by atoms with van der Waals surface area (Å²) in [6.45, 7) is 7.43. The van der Waals surface area contributed by atoms with Gasteiger partial charge in [0.15, 0.2) is 6.10 Å². The van der Waals surface area contributed by atoms with Gasteiger partial charge in [-0.25, -0.2) is 4.79 Å². The molecule has 0 saturated heterocycles. The van der Waals surface area contributed by atoms with Crippen LogP contribution in [0.4, 0.5) is 0 Å². The molecule has 16 heavy (non-hydrogen) atoms. The number of allylic oxidation sites excluding steroid dienone is 1.